The molecular weight excluding hydrogens is 755 g/mol. The van der Waals surface area contributed by atoms with Gasteiger partial charge in [0, 0.05) is 28.8 Å². The van der Waals surface area contributed by atoms with Crippen molar-refractivity contribution in [1.82, 2.24) is 0 Å². The van der Waals surface area contributed by atoms with Crippen LogP contribution in [0.4, 0.5) is 17.1 Å². The first-order chi connectivity index (χ1) is 30.7. The van der Waals surface area contributed by atoms with Gasteiger partial charge < -0.3 is 14.4 Å². The summed E-state index contributed by atoms with van der Waals surface area (Å²) < 4.78 is 14.5. The van der Waals surface area contributed by atoms with Crippen LogP contribution in [0.15, 0.2) is 224 Å². The van der Waals surface area contributed by atoms with Crippen LogP contribution in [-0.4, -0.2) is 0 Å². The molecular formula is C59H39NO2. The highest BCUT2D eigenvalue weighted by Crippen LogP contribution is 2.69. The van der Waals surface area contributed by atoms with Gasteiger partial charge in [0.2, 0.25) is 0 Å². The molecule has 0 bridgehead atoms. The SMILES string of the molecule is C1=CC2[C@H](C=C1)c1ccccc1C21c2ccccc2-c2ccc3c(c21)Oc1cccc(N(c2ccc(-c4ccc(-c5ccccc5)cc4)cc2)c2ccc4ccccc4c2)c1O3. The van der Waals surface area contributed by atoms with Crippen LogP contribution in [0.5, 0.6) is 23.0 Å². The third-order valence-corrected chi connectivity index (χ3v) is 13.6. The van der Waals surface area contributed by atoms with E-state index >= 15 is 0 Å². The molecule has 0 fully saturated rings. The van der Waals surface area contributed by atoms with Gasteiger partial charge in [0.15, 0.2) is 23.0 Å². The lowest BCUT2D eigenvalue weighted by molar-refractivity contribution is 0.348. The molecule has 13 rings (SSSR count). The Bertz CT molecular complexity index is 3310. The van der Waals surface area contributed by atoms with E-state index in [0.29, 0.717) is 11.5 Å². The molecule has 3 atom stereocenters. The minimum Gasteiger partial charge on any atom is -0.449 e. The third-order valence-electron chi connectivity index (χ3n) is 13.6. The highest BCUT2D eigenvalue weighted by Gasteiger charge is 2.59. The van der Waals surface area contributed by atoms with Gasteiger partial charge in [-0.05, 0) is 103 Å². The van der Waals surface area contributed by atoms with Crippen LogP contribution in [0.1, 0.15) is 28.2 Å². The molecule has 4 aliphatic rings. The van der Waals surface area contributed by atoms with Crippen LogP contribution < -0.4 is 14.4 Å². The van der Waals surface area contributed by atoms with Gasteiger partial charge in [0.25, 0.3) is 0 Å². The molecule has 9 aromatic rings. The molecule has 0 amide bonds. The number of hydrogen-bond donors (Lipinski definition) is 0. The Hall–Kier alpha value is -7.88. The van der Waals surface area contributed by atoms with Crippen molar-refractivity contribution in [2.45, 2.75) is 11.3 Å². The molecule has 0 radical (unpaired) electrons. The predicted octanol–water partition coefficient (Wildman–Crippen LogP) is 15.7. The average Bonchev–Trinajstić information content (AvgIpc) is 3.82. The number of allylic oxidation sites excluding steroid dienone is 4. The number of anilines is 3. The highest BCUT2D eigenvalue weighted by molar-refractivity contribution is 5.93. The van der Waals surface area contributed by atoms with E-state index in [0.717, 1.165) is 34.1 Å². The van der Waals surface area contributed by atoms with Gasteiger partial charge in [0.05, 0.1) is 11.1 Å². The number of para-hydroxylation sites is 1. The van der Waals surface area contributed by atoms with Gasteiger partial charge >= 0.3 is 0 Å². The monoisotopic (exact) mass is 793 g/mol. The first kappa shape index (κ1) is 34.9. The topological polar surface area (TPSA) is 21.7 Å². The van der Waals surface area contributed by atoms with Crippen molar-refractivity contribution in [1.29, 1.82) is 0 Å². The Morgan fingerprint density at radius 2 is 1.05 bits per heavy atom. The molecule has 0 saturated carbocycles. The molecule has 1 spiro atoms. The minimum absolute atomic E-state index is 0.184. The van der Waals surface area contributed by atoms with Crippen molar-refractivity contribution in [3.63, 3.8) is 0 Å². The van der Waals surface area contributed by atoms with Crippen LogP contribution in [-0.2, 0) is 5.41 Å². The van der Waals surface area contributed by atoms with Crippen molar-refractivity contribution in [3.8, 4) is 56.4 Å². The lowest BCUT2D eigenvalue weighted by atomic mass is 9.65. The molecule has 292 valence electrons. The molecule has 0 saturated heterocycles. The fourth-order valence-corrected chi connectivity index (χ4v) is 10.9. The second kappa shape index (κ2) is 13.6. The molecule has 0 aromatic heterocycles. The molecule has 2 unspecified atom stereocenters. The van der Waals surface area contributed by atoms with Crippen LogP contribution in [0.3, 0.4) is 0 Å². The van der Waals surface area contributed by atoms with E-state index in [-0.39, 0.29) is 11.8 Å². The Morgan fingerprint density at radius 3 is 1.87 bits per heavy atom. The smallest absolute Gasteiger partial charge is 0.194 e. The van der Waals surface area contributed by atoms with E-state index < -0.39 is 5.41 Å². The minimum atomic E-state index is -0.445. The summed E-state index contributed by atoms with van der Waals surface area (Å²) in [4.78, 5) is 2.30. The second-order valence-corrected chi connectivity index (χ2v) is 16.7. The van der Waals surface area contributed by atoms with E-state index in [9.17, 15) is 0 Å². The van der Waals surface area contributed by atoms with Crippen LogP contribution in [0.25, 0.3) is 44.2 Å². The molecule has 3 heteroatoms. The molecule has 3 aliphatic carbocycles. The number of benzene rings is 9. The summed E-state index contributed by atoms with van der Waals surface area (Å²) in [6.45, 7) is 0. The average molecular weight is 794 g/mol. The number of rotatable bonds is 5. The quantitative estimate of drug-likeness (QED) is 0.173. The van der Waals surface area contributed by atoms with Crippen molar-refractivity contribution >= 4 is 27.8 Å². The lowest BCUT2D eigenvalue weighted by Gasteiger charge is -2.38. The summed E-state index contributed by atoms with van der Waals surface area (Å²) in [6, 6.07) is 72.0. The molecule has 0 N–H and O–H groups in total. The van der Waals surface area contributed by atoms with Gasteiger partial charge in [-0.1, -0.05) is 182 Å². The Balaban J connectivity index is 0.941. The zero-order chi connectivity index (χ0) is 40.8. The summed E-state index contributed by atoms with van der Waals surface area (Å²) >= 11 is 0. The fraction of sp³-hybridized carbons (Fsp3) is 0.0508. The summed E-state index contributed by atoms with van der Waals surface area (Å²) in [6.07, 6.45) is 9.22. The van der Waals surface area contributed by atoms with E-state index in [1.54, 1.807) is 0 Å². The fourth-order valence-electron chi connectivity index (χ4n) is 10.9. The number of fused-ring (bicyclic) bond motifs is 14. The van der Waals surface area contributed by atoms with Gasteiger partial charge in [-0.3, -0.25) is 0 Å². The van der Waals surface area contributed by atoms with Crippen LogP contribution in [0.2, 0.25) is 0 Å². The Morgan fingerprint density at radius 1 is 0.419 bits per heavy atom. The van der Waals surface area contributed by atoms with E-state index in [1.165, 1.54) is 60.8 Å². The summed E-state index contributed by atoms with van der Waals surface area (Å²) in [7, 11) is 0. The van der Waals surface area contributed by atoms with Gasteiger partial charge in [-0.25, -0.2) is 0 Å². The van der Waals surface area contributed by atoms with Gasteiger partial charge in [-0.15, -0.1) is 0 Å². The zero-order valence-electron chi connectivity index (χ0n) is 33.8. The second-order valence-electron chi connectivity index (χ2n) is 16.7. The Kier molecular flexibility index (Phi) is 7.65. The Labute approximate surface area is 361 Å². The predicted molar refractivity (Wildman–Crippen MR) is 252 cm³/mol. The molecule has 1 aliphatic heterocycles. The maximum absolute atomic E-state index is 7.29. The van der Waals surface area contributed by atoms with Gasteiger partial charge in [0.1, 0.15) is 0 Å². The first-order valence-electron chi connectivity index (χ1n) is 21.5. The molecule has 3 nitrogen and oxygen atoms in total. The number of nitrogens with zero attached hydrogens (tertiary/aromatic N) is 1. The molecule has 1 heterocycles. The van der Waals surface area contributed by atoms with E-state index in [2.05, 4.69) is 223 Å². The van der Waals surface area contributed by atoms with Crippen molar-refractivity contribution < 1.29 is 9.47 Å². The normalized spacial score (nSPS) is 18.2. The van der Waals surface area contributed by atoms with E-state index in [4.69, 9.17) is 9.47 Å². The third kappa shape index (κ3) is 5.06. The number of hydrogen-bond acceptors (Lipinski definition) is 3. The summed E-state index contributed by atoms with van der Waals surface area (Å²) in [5.74, 6) is 3.33. The number of ether oxygens (including phenoxy) is 2. The summed E-state index contributed by atoms with van der Waals surface area (Å²) in [5.41, 5.74) is 14.9. The van der Waals surface area contributed by atoms with Crippen molar-refractivity contribution in [3.05, 3.63) is 247 Å². The molecule has 9 aromatic carbocycles. The maximum atomic E-state index is 7.29. The van der Waals surface area contributed by atoms with Crippen molar-refractivity contribution in [2.75, 3.05) is 4.90 Å². The van der Waals surface area contributed by atoms with Gasteiger partial charge in [-0.2, -0.15) is 0 Å². The van der Waals surface area contributed by atoms with Crippen molar-refractivity contribution in [2.24, 2.45) is 5.92 Å². The first-order valence-corrected chi connectivity index (χ1v) is 21.5. The largest absolute Gasteiger partial charge is 0.449 e. The van der Waals surface area contributed by atoms with Crippen LogP contribution >= 0.6 is 0 Å². The lowest BCUT2D eigenvalue weighted by Crippen LogP contribution is -2.33. The maximum Gasteiger partial charge on any atom is 0.194 e. The summed E-state index contributed by atoms with van der Waals surface area (Å²) in [5, 5.41) is 2.36. The molecule has 62 heavy (non-hydrogen) atoms. The van der Waals surface area contributed by atoms with Crippen LogP contribution in [0, 0.1) is 5.92 Å². The standard InChI is InChI=1S/C59H39NO2/c1-2-13-38(14-3-1)40-25-27-41(28-26-40)42-29-32-44(33-30-42)60(45-34-31-39-15-4-5-16-43(39)37-45)53-23-12-24-54-57(53)61-55-36-35-49-48-19-8-11-22-52(48)59(56(49)58(55)62-54)50-20-9-6-17-46(50)47-18-7-10-21-51(47)59/h1-37,46,50H/t46-,50?,59?/m1/s1. The van der Waals surface area contributed by atoms with E-state index in [1.807, 2.05) is 6.07 Å². The highest BCUT2D eigenvalue weighted by atomic mass is 16.6. The zero-order valence-corrected chi connectivity index (χ0v) is 33.8.